The molecule has 14 heavy (non-hydrogen) atoms. The fourth-order valence-corrected chi connectivity index (χ4v) is 2.11. The van der Waals surface area contributed by atoms with Gasteiger partial charge >= 0.3 is 0 Å². The van der Waals surface area contributed by atoms with Gasteiger partial charge in [-0.15, -0.1) is 0 Å². The lowest BCUT2D eigenvalue weighted by atomic mass is 10.0. The second-order valence-corrected chi connectivity index (χ2v) is 4.23. The minimum Gasteiger partial charge on any atom is -0.380 e. The second-order valence-electron chi connectivity index (χ2n) is 3.31. The highest BCUT2D eigenvalue weighted by molar-refractivity contribution is 9.10. The fourth-order valence-electron chi connectivity index (χ4n) is 1.75. The van der Waals surface area contributed by atoms with E-state index < -0.39 is 0 Å². The molecule has 0 radical (unpaired) electrons. The molecule has 1 aromatic heterocycles. The lowest BCUT2D eigenvalue weighted by molar-refractivity contribution is 1.09. The Morgan fingerprint density at radius 1 is 1.36 bits per heavy atom. The van der Waals surface area contributed by atoms with E-state index in [0.29, 0.717) is 0 Å². The van der Waals surface area contributed by atoms with Crippen LogP contribution in [0.15, 0.2) is 28.9 Å². The van der Waals surface area contributed by atoms with E-state index in [1.165, 1.54) is 11.1 Å². The van der Waals surface area contributed by atoms with Gasteiger partial charge in [-0.2, -0.15) is 5.10 Å². The van der Waals surface area contributed by atoms with Crippen molar-refractivity contribution in [1.82, 2.24) is 10.2 Å². The number of nitrogens with zero attached hydrogens (tertiary/aromatic N) is 1. The Labute approximate surface area is 89.7 Å². The van der Waals surface area contributed by atoms with Gasteiger partial charge in [0.2, 0.25) is 0 Å². The van der Waals surface area contributed by atoms with Crippen molar-refractivity contribution in [2.45, 2.75) is 6.54 Å². The number of H-pyrrole nitrogens is 1. The van der Waals surface area contributed by atoms with Crippen LogP contribution in [0.5, 0.6) is 0 Å². The maximum absolute atomic E-state index is 4.05. The molecule has 1 aliphatic heterocycles. The van der Waals surface area contributed by atoms with Gasteiger partial charge in [-0.3, -0.25) is 5.10 Å². The smallest absolute Gasteiger partial charge is 0.0721 e. The maximum Gasteiger partial charge on any atom is 0.0721 e. The van der Waals surface area contributed by atoms with Crippen molar-refractivity contribution in [3.63, 3.8) is 0 Å². The molecule has 2 heterocycles. The topological polar surface area (TPSA) is 40.7 Å². The molecule has 0 spiro atoms. The third kappa shape index (κ3) is 1.07. The Morgan fingerprint density at radius 2 is 2.29 bits per heavy atom. The average Bonchev–Trinajstić information content (AvgIpc) is 2.65. The van der Waals surface area contributed by atoms with Crippen molar-refractivity contribution in [3.05, 3.63) is 34.4 Å². The van der Waals surface area contributed by atoms with E-state index in [-0.39, 0.29) is 0 Å². The van der Waals surface area contributed by atoms with Crippen molar-refractivity contribution in [2.75, 3.05) is 5.32 Å². The SMILES string of the molecule is Brc1ccc2c(c1)-c1[nH]ncc1CN2. The summed E-state index contributed by atoms with van der Waals surface area (Å²) in [5, 5.41) is 10.4. The highest BCUT2D eigenvalue weighted by Crippen LogP contribution is 2.35. The standard InChI is InChI=1S/C10H8BrN3/c11-7-1-2-9-8(3-7)10-6(4-12-9)5-13-14-10/h1-3,5,12H,4H2,(H,13,14). The highest BCUT2D eigenvalue weighted by Gasteiger charge is 2.16. The summed E-state index contributed by atoms with van der Waals surface area (Å²) < 4.78 is 1.08. The van der Waals surface area contributed by atoms with Crippen molar-refractivity contribution >= 4 is 21.6 Å². The van der Waals surface area contributed by atoms with Gasteiger partial charge in [0.25, 0.3) is 0 Å². The number of benzene rings is 1. The minimum atomic E-state index is 0.848. The van der Waals surface area contributed by atoms with Gasteiger partial charge < -0.3 is 5.32 Å². The molecule has 0 unspecified atom stereocenters. The quantitative estimate of drug-likeness (QED) is 0.754. The number of rotatable bonds is 0. The van der Waals surface area contributed by atoms with Gasteiger partial charge in [0.1, 0.15) is 0 Å². The number of anilines is 1. The van der Waals surface area contributed by atoms with Crippen LogP contribution in [0.2, 0.25) is 0 Å². The fraction of sp³-hybridized carbons (Fsp3) is 0.100. The normalized spacial score (nSPS) is 12.9. The number of aromatic amines is 1. The first-order valence-electron chi connectivity index (χ1n) is 4.40. The number of nitrogens with one attached hydrogen (secondary N) is 2. The van der Waals surface area contributed by atoms with Gasteiger partial charge in [0, 0.05) is 27.8 Å². The van der Waals surface area contributed by atoms with Crippen LogP contribution in [-0.2, 0) is 6.54 Å². The Hall–Kier alpha value is -1.29. The third-order valence-electron chi connectivity index (χ3n) is 2.44. The number of aromatic nitrogens is 2. The molecule has 0 bridgehead atoms. The Morgan fingerprint density at radius 3 is 3.21 bits per heavy atom. The summed E-state index contributed by atoms with van der Waals surface area (Å²) in [5.74, 6) is 0. The summed E-state index contributed by atoms with van der Waals surface area (Å²) in [6, 6.07) is 6.20. The van der Waals surface area contributed by atoms with Crippen LogP contribution in [0.3, 0.4) is 0 Å². The molecule has 4 heteroatoms. The molecule has 0 fully saturated rings. The predicted molar refractivity (Wildman–Crippen MR) is 59.1 cm³/mol. The van der Waals surface area contributed by atoms with Crippen LogP contribution in [0, 0.1) is 0 Å². The van der Waals surface area contributed by atoms with Crippen molar-refractivity contribution in [2.24, 2.45) is 0 Å². The number of halogens is 1. The van der Waals surface area contributed by atoms with Crippen LogP contribution in [-0.4, -0.2) is 10.2 Å². The van der Waals surface area contributed by atoms with Gasteiger partial charge in [0.05, 0.1) is 11.9 Å². The molecule has 3 rings (SSSR count). The van der Waals surface area contributed by atoms with Gasteiger partial charge in [-0.05, 0) is 18.2 Å². The Balaban J connectivity index is 2.28. The molecule has 70 valence electrons. The average molecular weight is 250 g/mol. The highest BCUT2D eigenvalue weighted by atomic mass is 79.9. The zero-order valence-corrected chi connectivity index (χ0v) is 8.93. The lowest BCUT2D eigenvalue weighted by Crippen LogP contribution is -2.06. The summed E-state index contributed by atoms with van der Waals surface area (Å²) >= 11 is 3.47. The van der Waals surface area contributed by atoms with E-state index in [1.807, 2.05) is 12.3 Å². The lowest BCUT2D eigenvalue weighted by Gasteiger charge is -2.17. The maximum atomic E-state index is 4.05. The molecule has 0 aliphatic carbocycles. The molecule has 3 nitrogen and oxygen atoms in total. The van der Waals surface area contributed by atoms with Crippen molar-refractivity contribution in [3.8, 4) is 11.3 Å². The monoisotopic (exact) mass is 249 g/mol. The number of hydrogen-bond acceptors (Lipinski definition) is 2. The van der Waals surface area contributed by atoms with Crippen LogP contribution in [0.25, 0.3) is 11.3 Å². The van der Waals surface area contributed by atoms with E-state index in [0.717, 1.165) is 22.4 Å². The molecule has 1 aromatic carbocycles. The molecule has 0 atom stereocenters. The number of fused-ring (bicyclic) bond motifs is 3. The van der Waals surface area contributed by atoms with E-state index in [4.69, 9.17) is 0 Å². The Kier molecular flexibility index (Phi) is 1.64. The predicted octanol–water partition coefficient (Wildman–Crippen LogP) is 2.76. The summed E-state index contributed by atoms with van der Waals surface area (Å²) in [7, 11) is 0. The van der Waals surface area contributed by atoms with E-state index >= 15 is 0 Å². The molecular weight excluding hydrogens is 242 g/mol. The van der Waals surface area contributed by atoms with E-state index in [1.54, 1.807) is 0 Å². The van der Waals surface area contributed by atoms with Gasteiger partial charge in [-0.25, -0.2) is 0 Å². The van der Waals surface area contributed by atoms with Crippen LogP contribution < -0.4 is 5.32 Å². The summed E-state index contributed by atoms with van der Waals surface area (Å²) in [5.41, 5.74) is 4.68. The molecule has 2 N–H and O–H groups in total. The van der Waals surface area contributed by atoms with Gasteiger partial charge in [-0.1, -0.05) is 15.9 Å². The van der Waals surface area contributed by atoms with Crippen molar-refractivity contribution < 1.29 is 0 Å². The summed E-state index contributed by atoms with van der Waals surface area (Å²) in [6.45, 7) is 0.848. The van der Waals surface area contributed by atoms with E-state index in [9.17, 15) is 0 Å². The first-order chi connectivity index (χ1) is 6.84. The van der Waals surface area contributed by atoms with Crippen LogP contribution in [0.1, 0.15) is 5.56 Å². The second kappa shape index (κ2) is 2.85. The molecule has 1 aliphatic rings. The first kappa shape index (κ1) is 8.05. The first-order valence-corrected chi connectivity index (χ1v) is 5.20. The van der Waals surface area contributed by atoms with Gasteiger partial charge in [0.15, 0.2) is 0 Å². The van der Waals surface area contributed by atoms with E-state index in [2.05, 4.69) is 43.6 Å². The number of hydrogen-bond donors (Lipinski definition) is 2. The van der Waals surface area contributed by atoms with Crippen LogP contribution >= 0.6 is 15.9 Å². The summed E-state index contributed by atoms with van der Waals surface area (Å²) in [6.07, 6.45) is 1.87. The molecular formula is C10H8BrN3. The van der Waals surface area contributed by atoms with Crippen LogP contribution in [0.4, 0.5) is 5.69 Å². The van der Waals surface area contributed by atoms with Crippen molar-refractivity contribution in [1.29, 1.82) is 0 Å². The molecule has 0 amide bonds. The zero-order valence-electron chi connectivity index (χ0n) is 7.34. The third-order valence-corrected chi connectivity index (χ3v) is 2.93. The Bertz CT molecular complexity index is 490. The molecule has 0 saturated heterocycles. The minimum absolute atomic E-state index is 0.848. The largest absolute Gasteiger partial charge is 0.380 e. The summed E-state index contributed by atoms with van der Waals surface area (Å²) in [4.78, 5) is 0. The molecule has 0 saturated carbocycles. The zero-order chi connectivity index (χ0) is 9.54. The molecule has 2 aromatic rings.